The van der Waals surface area contributed by atoms with Crippen molar-refractivity contribution in [1.29, 1.82) is 0 Å². The number of hydrogen-bond acceptors (Lipinski definition) is 6. The van der Waals surface area contributed by atoms with Gasteiger partial charge in [0.25, 0.3) is 11.8 Å². The number of fused-ring (bicyclic) bond motifs is 2. The first-order chi connectivity index (χ1) is 17.1. The van der Waals surface area contributed by atoms with Gasteiger partial charge < -0.3 is 24.3 Å². The van der Waals surface area contributed by atoms with Crippen molar-refractivity contribution < 1.29 is 28.2 Å². The zero-order valence-electron chi connectivity index (χ0n) is 20.2. The van der Waals surface area contributed by atoms with Crippen LogP contribution < -0.4 is 15.5 Å². The van der Waals surface area contributed by atoms with Gasteiger partial charge in [-0.2, -0.15) is 0 Å². The fourth-order valence-corrected chi connectivity index (χ4v) is 5.22. The van der Waals surface area contributed by atoms with Gasteiger partial charge in [0.15, 0.2) is 5.69 Å². The topological polar surface area (TPSA) is 107 Å². The Balaban J connectivity index is 1.78. The molecule has 0 bridgehead atoms. The number of halogens is 2. The Morgan fingerprint density at radius 1 is 1.28 bits per heavy atom. The zero-order chi connectivity index (χ0) is 26.2. The number of carbonyl (C=O) groups is 3. The normalized spacial score (nSPS) is 20.6. The Bertz CT molecular complexity index is 1290. The summed E-state index contributed by atoms with van der Waals surface area (Å²) < 4.78 is 26.5. The van der Waals surface area contributed by atoms with Crippen LogP contribution in [0.3, 0.4) is 0 Å². The number of aromatic nitrogens is 1. The van der Waals surface area contributed by atoms with E-state index in [1.807, 2.05) is 0 Å². The van der Waals surface area contributed by atoms with E-state index < -0.39 is 40.3 Å². The number of nitrogens with one attached hydrogen (secondary N) is 1. The van der Waals surface area contributed by atoms with Crippen molar-refractivity contribution in [3.05, 3.63) is 62.3 Å². The second-order valence-corrected chi connectivity index (χ2v) is 9.67. The Morgan fingerprint density at radius 2 is 2.00 bits per heavy atom. The predicted octanol–water partition coefficient (Wildman–Crippen LogP) is 2.72. The molecule has 2 aromatic rings. The van der Waals surface area contributed by atoms with Crippen LogP contribution in [-0.4, -0.2) is 54.6 Å². The van der Waals surface area contributed by atoms with Crippen molar-refractivity contribution >= 4 is 29.4 Å². The summed E-state index contributed by atoms with van der Waals surface area (Å²) in [5, 5.41) is 2.44. The summed E-state index contributed by atoms with van der Waals surface area (Å²) in [7, 11) is 3.23. The van der Waals surface area contributed by atoms with Crippen LogP contribution in [0, 0.1) is 11.7 Å². The minimum absolute atomic E-state index is 0.0333. The monoisotopic (exact) mass is 519 g/mol. The minimum atomic E-state index is -0.890. The van der Waals surface area contributed by atoms with Crippen molar-refractivity contribution in [2.45, 2.75) is 38.3 Å². The number of hydrogen-bond donors (Lipinski definition) is 1. The SMILES string of the molecule is CCC(=O)Oc1c2n(cc(C(=O)NCc3cccc(Cl)c3F)c1=O)[C@]1(CN(C)C2=O)C[C@@H](COC)C1. The highest BCUT2D eigenvalue weighted by Gasteiger charge is 2.52. The molecule has 1 aliphatic carbocycles. The van der Waals surface area contributed by atoms with Gasteiger partial charge in [-0.15, -0.1) is 0 Å². The number of ether oxygens (including phenoxy) is 2. The lowest BCUT2D eigenvalue weighted by Gasteiger charge is -2.54. The molecule has 1 spiro atoms. The number of esters is 1. The van der Waals surface area contributed by atoms with Crippen molar-refractivity contribution in [1.82, 2.24) is 14.8 Å². The average Bonchev–Trinajstić information content (AvgIpc) is 2.83. The number of rotatable bonds is 7. The van der Waals surface area contributed by atoms with Crippen molar-refractivity contribution in [2.24, 2.45) is 5.92 Å². The predicted molar refractivity (Wildman–Crippen MR) is 129 cm³/mol. The maximum absolute atomic E-state index is 14.3. The third-order valence-corrected chi connectivity index (χ3v) is 7.01. The first-order valence-corrected chi connectivity index (χ1v) is 12.0. The highest BCUT2D eigenvalue weighted by atomic mass is 35.5. The van der Waals surface area contributed by atoms with Crippen LogP contribution in [0.1, 0.15) is 52.6 Å². The van der Waals surface area contributed by atoms with Crippen molar-refractivity contribution in [3.8, 4) is 5.75 Å². The Hall–Kier alpha value is -3.24. The van der Waals surface area contributed by atoms with E-state index in [-0.39, 0.29) is 40.7 Å². The van der Waals surface area contributed by atoms with Crippen LogP contribution in [0.5, 0.6) is 5.75 Å². The van der Waals surface area contributed by atoms with Gasteiger partial charge in [0, 0.05) is 52.0 Å². The molecule has 0 radical (unpaired) electrons. The van der Waals surface area contributed by atoms with E-state index >= 15 is 0 Å². The molecule has 1 fully saturated rings. The number of amides is 2. The van der Waals surface area contributed by atoms with Crippen LogP contribution in [0.15, 0.2) is 29.2 Å². The Labute approximate surface area is 212 Å². The van der Waals surface area contributed by atoms with E-state index in [2.05, 4.69) is 5.32 Å². The van der Waals surface area contributed by atoms with Gasteiger partial charge in [-0.3, -0.25) is 19.2 Å². The summed E-state index contributed by atoms with van der Waals surface area (Å²) in [6.45, 7) is 2.22. The van der Waals surface area contributed by atoms with Gasteiger partial charge in [0.1, 0.15) is 11.4 Å². The van der Waals surface area contributed by atoms with Crippen LogP contribution in [0.25, 0.3) is 0 Å². The molecule has 36 heavy (non-hydrogen) atoms. The lowest BCUT2D eigenvalue weighted by Crippen LogP contribution is -2.60. The molecule has 1 aromatic heterocycles. The lowest BCUT2D eigenvalue weighted by atomic mass is 9.67. The first kappa shape index (κ1) is 25.8. The third kappa shape index (κ3) is 4.51. The van der Waals surface area contributed by atoms with E-state index in [0.29, 0.717) is 26.0 Å². The molecular formula is C25H27ClFN3O6. The average molecular weight is 520 g/mol. The summed E-state index contributed by atoms with van der Waals surface area (Å²) in [5.41, 5.74) is -1.72. The molecular weight excluding hydrogens is 493 g/mol. The zero-order valence-corrected chi connectivity index (χ0v) is 21.0. The van der Waals surface area contributed by atoms with E-state index in [1.54, 1.807) is 31.7 Å². The number of likely N-dealkylation sites (N-methyl/N-ethyl adjacent to an activating group) is 1. The number of carbonyl (C=O) groups excluding carboxylic acids is 3. The smallest absolute Gasteiger partial charge is 0.311 e. The molecule has 1 aromatic carbocycles. The maximum atomic E-state index is 14.3. The maximum Gasteiger partial charge on any atom is 0.311 e. The molecule has 2 heterocycles. The molecule has 1 N–H and O–H groups in total. The minimum Gasteiger partial charge on any atom is -0.420 e. The van der Waals surface area contributed by atoms with E-state index in [9.17, 15) is 23.6 Å². The number of nitrogens with zero attached hydrogens (tertiary/aromatic N) is 2. The highest BCUT2D eigenvalue weighted by molar-refractivity contribution is 6.30. The standard InChI is InChI=1S/C25H27ClFN3O6/c1-4-18(31)36-22-20-24(34)29(2)13-25(8-14(9-25)12-35-3)30(20)11-16(21(22)32)23(33)28-10-15-6-5-7-17(26)19(15)27/h5-7,11,14H,4,8-10,12-13H2,1-3H3,(H,28,33)/t14-,25-. The third-order valence-electron chi connectivity index (χ3n) is 6.72. The van der Waals surface area contributed by atoms with Gasteiger partial charge in [-0.25, -0.2) is 4.39 Å². The fourth-order valence-electron chi connectivity index (χ4n) is 5.03. The molecule has 11 heteroatoms. The summed E-state index contributed by atoms with van der Waals surface area (Å²) in [6, 6.07) is 4.39. The molecule has 192 valence electrons. The first-order valence-electron chi connectivity index (χ1n) is 11.6. The molecule has 2 aliphatic rings. The van der Waals surface area contributed by atoms with Crippen molar-refractivity contribution in [3.63, 3.8) is 0 Å². The molecule has 1 aliphatic heterocycles. The second kappa shape index (κ2) is 10.0. The molecule has 0 saturated heterocycles. The van der Waals surface area contributed by atoms with Gasteiger partial charge in [-0.1, -0.05) is 30.7 Å². The molecule has 9 nitrogen and oxygen atoms in total. The highest BCUT2D eigenvalue weighted by Crippen LogP contribution is 2.48. The number of pyridine rings is 1. The number of methoxy groups -OCH3 is 1. The van der Waals surface area contributed by atoms with E-state index in [1.165, 1.54) is 23.2 Å². The summed E-state index contributed by atoms with van der Waals surface area (Å²) in [5.74, 6) is -2.92. The molecule has 2 amide bonds. The Morgan fingerprint density at radius 3 is 2.67 bits per heavy atom. The van der Waals surface area contributed by atoms with Crippen LogP contribution in [0.4, 0.5) is 4.39 Å². The summed E-state index contributed by atoms with van der Waals surface area (Å²) >= 11 is 5.81. The fraction of sp³-hybridized carbons (Fsp3) is 0.440. The largest absolute Gasteiger partial charge is 0.420 e. The molecule has 4 rings (SSSR count). The molecule has 1 saturated carbocycles. The molecule has 0 atom stereocenters. The van der Waals surface area contributed by atoms with Crippen molar-refractivity contribution in [2.75, 3.05) is 27.3 Å². The van der Waals surface area contributed by atoms with E-state index in [4.69, 9.17) is 21.1 Å². The van der Waals surface area contributed by atoms with Crippen LogP contribution >= 0.6 is 11.6 Å². The molecule has 0 unspecified atom stereocenters. The van der Waals surface area contributed by atoms with Gasteiger partial charge in [-0.05, 0) is 24.8 Å². The van der Waals surface area contributed by atoms with Gasteiger partial charge >= 0.3 is 5.97 Å². The van der Waals surface area contributed by atoms with E-state index in [0.717, 1.165) is 0 Å². The van der Waals surface area contributed by atoms with Gasteiger partial charge in [0.2, 0.25) is 11.2 Å². The summed E-state index contributed by atoms with van der Waals surface area (Å²) in [4.78, 5) is 53.3. The summed E-state index contributed by atoms with van der Waals surface area (Å²) in [6.07, 6.45) is 2.60. The quantitative estimate of drug-likeness (QED) is 0.564. The second-order valence-electron chi connectivity index (χ2n) is 9.26. The lowest BCUT2D eigenvalue weighted by molar-refractivity contribution is -0.134. The van der Waals surface area contributed by atoms with Crippen LogP contribution in [0.2, 0.25) is 5.02 Å². The number of benzene rings is 1. The Kier molecular flexibility index (Phi) is 7.19. The van der Waals surface area contributed by atoms with Crippen LogP contribution in [-0.2, 0) is 21.6 Å². The van der Waals surface area contributed by atoms with Gasteiger partial charge in [0.05, 0.1) is 10.6 Å².